The summed E-state index contributed by atoms with van der Waals surface area (Å²) >= 11 is 0. The number of unbranched alkanes of at least 4 members (excludes halogenated alkanes) is 6. The standard InChI is InChI=1S/C17H38N/c1-6-7-8-9-10-11-12-15-18(4,5)16-13-14-17(2)3/h17H,6-16H2,1-5H3/q+1. The van der Waals surface area contributed by atoms with Crippen LogP contribution in [0.4, 0.5) is 0 Å². The molecule has 110 valence electrons. The predicted molar refractivity (Wildman–Crippen MR) is 83.9 cm³/mol. The van der Waals surface area contributed by atoms with Gasteiger partial charge in [0.25, 0.3) is 0 Å². The van der Waals surface area contributed by atoms with Crippen molar-refractivity contribution in [3.05, 3.63) is 0 Å². The van der Waals surface area contributed by atoms with Gasteiger partial charge in [-0.3, -0.25) is 0 Å². The lowest BCUT2D eigenvalue weighted by Gasteiger charge is -2.30. The van der Waals surface area contributed by atoms with Crippen molar-refractivity contribution in [1.82, 2.24) is 0 Å². The summed E-state index contributed by atoms with van der Waals surface area (Å²) in [5.74, 6) is 0.864. The number of quaternary nitrogens is 1. The van der Waals surface area contributed by atoms with Gasteiger partial charge < -0.3 is 4.48 Å². The highest BCUT2D eigenvalue weighted by Gasteiger charge is 2.13. The summed E-state index contributed by atoms with van der Waals surface area (Å²) < 4.78 is 1.22. The number of hydrogen-bond acceptors (Lipinski definition) is 0. The second-order valence-electron chi connectivity index (χ2n) is 7.04. The fourth-order valence-corrected chi connectivity index (χ4v) is 2.54. The molecular weight excluding hydrogens is 218 g/mol. The summed E-state index contributed by atoms with van der Waals surface area (Å²) in [5.41, 5.74) is 0. The van der Waals surface area contributed by atoms with Crippen molar-refractivity contribution in [3.63, 3.8) is 0 Å². The SMILES string of the molecule is CCCCCCCCC[N+](C)(C)CCCC(C)C. The van der Waals surface area contributed by atoms with E-state index in [1.54, 1.807) is 0 Å². The summed E-state index contributed by atoms with van der Waals surface area (Å²) in [6, 6.07) is 0. The molecule has 18 heavy (non-hydrogen) atoms. The zero-order valence-corrected chi connectivity index (χ0v) is 13.8. The molecule has 0 amide bonds. The van der Waals surface area contributed by atoms with E-state index in [0.29, 0.717) is 0 Å². The van der Waals surface area contributed by atoms with Crippen molar-refractivity contribution in [2.75, 3.05) is 27.2 Å². The van der Waals surface area contributed by atoms with Gasteiger partial charge in [0.1, 0.15) is 0 Å². The Morgan fingerprint density at radius 2 is 1.22 bits per heavy atom. The lowest BCUT2D eigenvalue weighted by atomic mass is 10.1. The molecule has 0 bridgehead atoms. The highest BCUT2D eigenvalue weighted by molar-refractivity contribution is 4.48. The van der Waals surface area contributed by atoms with E-state index >= 15 is 0 Å². The van der Waals surface area contributed by atoms with Crippen molar-refractivity contribution < 1.29 is 4.48 Å². The maximum absolute atomic E-state index is 2.40. The molecule has 0 radical (unpaired) electrons. The highest BCUT2D eigenvalue weighted by Crippen LogP contribution is 2.11. The zero-order valence-electron chi connectivity index (χ0n) is 13.8. The molecule has 0 unspecified atom stereocenters. The third kappa shape index (κ3) is 12.4. The van der Waals surface area contributed by atoms with E-state index in [0.717, 1.165) is 5.92 Å². The van der Waals surface area contributed by atoms with Crippen LogP contribution in [-0.2, 0) is 0 Å². The smallest absolute Gasteiger partial charge is 0.0782 e. The average molecular weight is 256 g/mol. The maximum Gasteiger partial charge on any atom is 0.0782 e. The zero-order chi connectivity index (χ0) is 13.9. The number of nitrogens with zero attached hydrogens (tertiary/aromatic N) is 1. The van der Waals surface area contributed by atoms with E-state index in [9.17, 15) is 0 Å². The molecule has 1 heteroatoms. The van der Waals surface area contributed by atoms with Crippen molar-refractivity contribution in [3.8, 4) is 0 Å². The topological polar surface area (TPSA) is 0 Å². The van der Waals surface area contributed by atoms with Crippen LogP contribution in [0.15, 0.2) is 0 Å². The van der Waals surface area contributed by atoms with E-state index < -0.39 is 0 Å². The van der Waals surface area contributed by atoms with Crippen LogP contribution < -0.4 is 0 Å². The molecule has 0 N–H and O–H groups in total. The summed E-state index contributed by atoms with van der Waals surface area (Å²) in [7, 11) is 4.80. The summed E-state index contributed by atoms with van der Waals surface area (Å²) in [6.45, 7) is 9.67. The van der Waals surface area contributed by atoms with Crippen LogP contribution in [0, 0.1) is 5.92 Å². The van der Waals surface area contributed by atoms with Crippen molar-refractivity contribution in [2.24, 2.45) is 5.92 Å². The van der Waals surface area contributed by atoms with Crippen LogP contribution in [0.1, 0.15) is 78.6 Å². The minimum atomic E-state index is 0.864. The molecule has 0 saturated heterocycles. The predicted octanol–water partition coefficient (Wildman–Crippen LogP) is 5.25. The van der Waals surface area contributed by atoms with Gasteiger partial charge in [-0.1, -0.05) is 52.9 Å². The molecule has 0 aromatic rings. The molecule has 0 atom stereocenters. The van der Waals surface area contributed by atoms with Gasteiger partial charge in [-0.05, 0) is 31.6 Å². The summed E-state index contributed by atoms with van der Waals surface area (Å²) in [4.78, 5) is 0. The first-order valence-electron chi connectivity index (χ1n) is 8.30. The Bertz CT molecular complexity index is 172. The van der Waals surface area contributed by atoms with Crippen LogP contribution in [0.3, 0.4) is 0 Å². The number of rotatable bonds is 12. The van der Waals surface area contributed by atoms with Gasteiger partial charge in [0, 0.05) is 0 Å². The fourth-order valence-electron chi connectivity index (χ4n) is 2.54. The van der Waals surface area contributed by atoms with Gasteiger partial charge in [0.15, 0.2) is 0 Å². The van der Waals surface area contributed by atoms with Gasteiger partial charge in [-0.15, -0.1) is 0 Å². The first kappa shape index (κ1) is 18.0. The molecule has 0 rings (SSSR count). The highest BCUT2D eigenvalue weighted by atomic mass is 15.3. The van der Waals surface area contributed by atoms with Gasteiger partial charge in [-0.25, -0.2) is 0 Å². The normalized spacial score (nSPS) is 12.3. The largest absolute Gasteiger partial charge is 0.328 e. The van der Waals surface area contributed by atoms with Crippen LogP contribution in [0.5, 0.6) is 0 Å². The van der Waals surface area contributed by atoms with Crippen molar-refractivity contribution in [1.29, 1.82) is 0 Å². The quantitative estimate of drug-likeness (QED) is 0.330. The minimum Gasteiger partial charge on any atom is -0.328 e. The average Bonchev–Trinajstić information content (AvgIpc) is 2.27. The molecule has 0 aliphatic rings. The molecule has 0 aliphatic heterocycles. The second-order valence-corrected chi connectivity index (χ2v) is 7.04. The summed E-state index contributed by atoms with van der Waals surface area (Å²) in [5, 5.41) is 0. The molecule has 0 spiro atoms. The number of hydrogen-bond donors (Lipinski definition) is 0. The van der Waals surface area contributed by atoms with E-state index in [1.807, 2.05) is 0 Å². The molecule has 0 saturated carbocycles. The van der Waals surface area contributed by atoms with Crippen molar-refractivity contribution >= 4 is 0 Å². The molecule has 0 heterocycles. The molecule has 0 fully saturated rings. The molecular formula is C17H38N+. The lowest BCUT2D eigenvalue weighted by molar-refractivity contribution is -0.890. The first-order valence-corrected chi connectivity index (χ1v) is 8.30. The van der Waals surface area contributed by atoms with Crippen LogP contribution in [-0.4, -0.2) is 31.7 Å². The van der Waals surface area contributed by atoms with E-state index in [4.69, 9.17) is 0 Å². The Morgan fingerprint density at radius 1 is 0.722 bits per heavy atom. The first-order chi connectivity index (χ1) is 8.48. The van der Waals surface area contributed by atoms with Gasteiger partial charge in [-0.2, -0.15) is 0 Å². The van der Waals surface area contributed by atoms with E-state index in [1.165, 1.54) is 75.4 Å². The molecule has 0 aliphatic carbocycles. The second kappa shape index (κ2) is 10.8. The van der Waals surface area contributed by atoms with Gasteiger partial charge >= 0.3 is 0 Å². The fraction of sp³-hybridized carbons (Fsp3) is 1.00. The van der Waals surface area contributed by atoms with Crippen LogP contribution >= 0.6 is 0 Å². The van der Waals surface area contributed by atoms with E-state index in [-0.39, 0.29) is 0 Å². The Morgan fingerprint density at radius 3 is 1.78 bits per heavy atom. The van der Waals surface area contributed by atoms with Gasteiger partial charge in [0.05, 0.1) is 27.2 Å². The van der Waals surface area contributed by atoms with Crippen LogP contribution in [0.25, 0.3) is 0 Å². The van der Waals surface area contributed by atoms with Gasteiger partial charge in [0.2, 0.25) is 0 Å². The molecule has 0 aromatic carbocycles. The Hall–Kier alpha value is -0.0400. The minimum absolute atomic E-state index is 0.864. The molecule has 0 aromatic heterocycles. The van der Waals surface area contributed by atoms with E-state index in [2.05, 4.69) is 34.9 Å². The third-order valence-corrected chi connectivity index (χ3v) is 3.91. The van der Waals surface area contributed by atoms with Crippen LogP contribution in [0.2, 0.25) is 0 Å². The Balaban J connectivity index is 3.40. The van der Waals surface area contributed by atoms with Crippen molar-refractivity contribution in [2.45, 2.75) is 78.6 Å². The maximum atomic E-state index is 2.40. The third-order valence-electron chi connectivity index (χ3n) is 3.91. The Labute approximate surface area is 117 Å². The molecule has 1 nitrogen and oxygen atoms in total. The summed E-state index contributed by atoms with van der Waals surface area (Å²) in [6.07, 6.45) is 12.8. The monoisotopic (exact) mass is 256 g/mol. The Kier molecular flexibility index (Phi) is 10.8. The lowest BCUT2D eigenvalue weighted by Crippen LogP contribution is -2.41.